The highest BCUT2D eigenvalue weighted by atomic mass is 35.5. The molecule has 0 saturated carbocycles. The maximum Gasteiger partial charge on any atom is 0.280 e. The van der Waals surface area contributed by atoms with Crippen molar-refractivity contribution in [2.24, 2.45) is 0 Å². The number of nitrogen functional groups attached to an aromatic ring is 2. The molecule has 45 heavy (non-hydrogen) atoms. The number of hydrogen-bond donors (Lipinski definition) is 6. The minimum absolute atomic E-state index is 0.0680. The molecule has 3 aromatic carbocycles. The number of aryl methyl sites for hydroxylation is 2. The van der Waals surface area contributed by atoms with Crippen LogP contribution in [0.4, 0.5) is 11.6 Å². The van der Waals surface area contributed by atoms with Crippen molar-refractivity contribution >= 4 is 45.9 Å². The topological polar surface area (TPSA) is 176 Å². The van der Waals surface area contributed by atoms with Crippen molar-refractivity contribution in [3.8, 4) is 5.75 Å². The first-order chi connectivity index (χ1) is 21.8. The summed E-state index contributed by atoms with van der Waals surface area (Å²) in [5, 5.41) is 25.1. The van der Waals surface area contributed by atoms with E-state index in [1.165, 1.54) is 21.9 Å². The molecule has 1 amide bonds. The van der Waals surface area contributed by atoms with Crippen molar-refractivity contribution in [1.82, 2.24) is 25.5 Å². The van der Waals surface area contributed by atoms with Gasteiger partial charge < -0.3 is 26.6 Å². The van der Waals surface area contributed by atoms with Gasteiger partial charge in [0.2, 0.25) is 0 Å². The van der Waals surface area contributed by atoms with E-state index in [0.29, 0.717) is 19.7 Å². The third-order valence-corrected chi connectivity index (χ3v) is 7.60. The van der Waals surface area contributed by atoms with Gasteiger partial charge in [-0.25, -0.2) is 9.97 Å². The molecule has 12 heteroatoms. The lowest BCUT2D eigenvalue weighted by molar-refractivity contribution is 0.0971. The van der Waals surface area contributed by atoms with Crippen LogP contribution in [0.25, 0.3) is 10.8 Å². The molecule has 0 aliphatic carbocycles. The zero-order valence-electron chi connectivity index (χ0n) is 25.3. The Morgan fingerprint density at radius 3 is 2.40 bits per heavy atom. The number of aromatic nitrogens is 2. The number of amides is 1. The molecule has 0 spiro atoms. The highest BCUT2D eigenvalue weighted by Crippen LogP contribution is 2.18. The number of anilines is 2. The van der Waals surface area contributed by atoms with Gasteiger partial charge in [-0.1, -0.05) is 66.2 Å². The minimum Gasteiger partial charge on any atom is -0.492 e. The Hall–Kier alpha value is -4.45. The number of fused-ring (bicyclic) bond motifs is 1. The van der Waals surface area contributed by atoms with Crippen molar-refractivity contribution in [1.29, 1.82) is 5.41 Å². The number of carbonyl (C=O) groups excluding carboxylic acids is 1. The Bertz CT molecular complexity index is 1570. The summed E-state index contributed by atoms with van der Waals surface area (Å²) in [5.74, 6) is -0.275. The number of guanidine groups is 1. The van der Waals surface area contributed by atoms with Crippen LogP contribution in [0.1, 0.15) is 40.9 Å². The first-order valence-electron chi connectivity index (χ1n) is 15.1. The summed E-state index contributed by atoms with van der Waals surface area (Å²) in [6, 6.07) is 23.1. The van der Waals surface area contributed by atoms with E-state index < -0.39 is 5.91 Å². The normalized spacial score (nSPS) is 11.1. The van der Waals surface area contributed by atoms with E-state index in [1.807, 2.05) is 12.1 Å². The van der Waals surface area contributed by atoms with Gasteiger partial charge in [0.1, 0.15) is 12.4 Å². The molecule has 0 bridgehead atoms. The van der Waals surface area contributed by atoms with Crippen LogP contribution in [0.15, 0.2) is 66.7 Å². The number of ether oxygens (including phenoxy) is 1. The van der Waals surface area contributed by atoms with Crippen LogP contribution < -0.4 is 26.8 Å². The maximum absolute atomic E-state index is 12.3. The average Bonchev–Trinajstić information content (AvgIpc) is 3.03. The van der Waals surface area contributed by atoms with Gasteiger partial charge in [-0.3, -0.25) is 20.4 Å². The fourth-order valence-electron chi connectivity index (χ4n) is 4.92. The predicted molar refractivity (Wildman–Crippen MR) is 180 cm³/mol. The second-order valence-electron chi connectivity index (χ2n) is 10.7. The molecule has 8 N–H and O–H groups in total. The van der Waals surface area contributed by atoms with Gasteiger partial charge in [-0.2, -0.15) is 0 Å². The summed E-state index contributed by atoms with van der Waals surface area (Å²) in [6.45, 7) is 3.46. The third kappa shape index (κ3) is 10.6. The number of nitrogens with two attached hydrogens (primary N) is 2. The van der Waals surface area contributed by atoms with Crippen LogP contribution in [0.3, 0.4) is 0 Å². The lowest BCUT2D eigenvalue weighted by Crippen LogP contribution is -2.41. The predicted octanol–water partition coefficient (Wildman–Crippen LogP) is 4.03. The number of rotatable bonds is 16. The van der Waals surface area contributed by atoms with E-state index >= 15 is 0 Å². The molecule has 0 unspecified atom stereocenters. The van der Waals surface area contributed by atoms with E-state index in [2.05, 4.69) is 80.1 Å². The average molecular weight is 633 g/mol. The van der Waals surface area contributed by atoms with Gasteiger partial charge in [0.25, 0.3) is 5.91 Å². The van der Waals surface area contributed by atoms with Crippen LogP contribution in [0.2, 0.25) is 5.15 Å². The van der Waals surface area contributed by atoms with Gasteiger partial charge in [0.15, 0.2) is 28.4 Å². The molecular weight excluding hydrogens is 592 g/mol. The molecule has 4 aromatic rings. The molecule has 0 saturated heterocycles. The van der Waals surface area contributed by atoms with Crippen molar-refractivity contribution < 1.29 is 14.6 Å². The molecule has 1 aromatic heterocycles. The number of benzene rings is 3. The Labute approximate surface area is 268 Å². The van der Waals surface area contributed by atoms with Crippen LogP contribution in [-0.2, 0) is 12.8 Å². The molecule has 11 nitrogen and oxygen atoms in total. The van der Waals surface area contributed by atoms with E-state index in [9.17, 15) is 9.90 Å². The summed E-state index contributed by atoms with van der Waals surface area (Å²) in [5.41, 5.74) is 13.5. The fourth-order valence-corrected chi connectivity index (χ4v) is 5.04. The Morgan fingerprint density at radius 2 is 1.62 bits per heavy atom. The number of nitrogens with one attached hydrogen (secondary N) is 3. The monoisotopic (exact) mass is 632 g/mol. The molecule has 238 valence electrons. The molecule has 0 aliphatic heterocycles. The summed E-state index contributed by atoms with van der Waals surface area (Å²) in [7, 11) is 0. The minimum atomic E-state index is -0.695. The van der Waals surface area contributed by atoms with E-state index in [0.717, 1.165) is 50.9 Å². The van der Waals surface area contributed by atoms with Crippen LogP contribution >= 0.6 is 11.6 Å². The lowest BCUT2D eigenvalue weighted by Gasteiger charge is -2.21. The highest BCUT2D eigenvalue weighted by molar-refractivity contribution is 6.31. The largest absolute Gasteiger partial charge is 0.492 e. The van der Waals surface area contributed by atoms with Gasteiger partial charge >= 0.3 is 0 Å². The quantitative estimate of drug-likeness (QED) is 0.0605. The standard InChI is InChI=1S/C33H41ClN8O3/c34-29-31(36)40-30(35)28(39-29)32(44)41-33(37)38-16-4-3-6-23-11-14-27(15-12-23)45-21-19-42(18-20-43)17-5-7-24-10-13-25-8-1-2-9-26(25)22-24/h1-2,8-15,22,43H,3-7,16-21H2,(H4,35,36,40)(H3,37,38,41,44). The van der Waals surface area contributed by atoms with Gasteiger partial charge in [0.05, 0.1) is 6.61 Å². The Kier molecular flexibility index (Phi) is 12.7. The molecule has 0 aliphatic rings. The van der Waals surface area contributed by atoms with Crippen molar-refractivity contribution in [3.63, 3.8) is 0 Å². The second kappa shape index (κ2) is 17.1. The van der Waals surface area contributed by atoms with Crippen LogP contribution in [-0.4, -0.2) is 71.2 Å². The summed E-state index contributed by atoms with van der Waals surface area (Å²) in [6.07, 6.45) is 4.58. The number of aliphatic hydroxyl groups is 1. The number of hydrogen-bond acceptors (Lipinski definition) is 9. The molecule has 1 heterocycles. The highest BCUT2D eigenvalue weighted by Gasteiger charge is 2.17. The molecule has 0 atom stereocenters. The van der Waals surface area contributed by atoms with E-state index in [4.69, 9.17) is 33.2 Å². The Balaban J connectivity index is 1.09. The third-order valence-electron chi connectivity index (χ3n) is 7.32. The SMILES string of the molecule is N=C(NCCCCc1ccc(OCCN(CCO)CCCc2ccc3ccccc3c2)cc1)NC(=O)c1nc(Cl)c(N)nc1N. The van der Waals surface area contributed by atoms with Gasteiger partial charge in [-0.15, -0.1) is 0 Å². The maximum atomic E-state index is 12.3. The van der Waals surface area contributed by atoms with E-state index in [1.54, 1.807) is 0 Å². The summed E-state index contributed by atoms with van der Waals surface area (Å²) >= 11 is 5.81. The van der Waals surface area contributed by atoms with E-state index in [-0.39, 0.29) is 35.0 Å². The zero-order chi connectivity index (χ0) is 32.0. The molecule has 4 rings (SSSR count). The van der Waals surface area contributed by atoms with Crippen LogP contribution in [0.5, 0.6) is 5.75 Å². The number of halogens is 1. The smallest absolute Gasteiger partial charge is 0.280 e. The van der Waals surface area contributed by atoms with Crippen molar-refractivity contribution in [2.45, 2.75) is 32.1 Å². The van der Waals surface area contributed by atoms with Crippen molar-refractivity contribution in [2.75, 3.05) is 50.9 Å². The van der Waals surface area contributed by atoms with Crippen molar-refractivity contribution in [3.05, 3.63) is 88.7 Å². The number of carbonyl (C=O) groups is 1. The number of unbranched alkanes of at least 4 members (excludes halogenated alkanes) is 1. The second-order valence-corrected chi connectivity index (χ2v) is 11.0. The summed E-state index contributed by atoms with van der Waals surface area (Å²) in [4.78, 5) is 22.1. The first-order valence-corrected chi connectivity index (χ1v) is 15.4. The molecule has 0 fully saturated rings. The first kappa shape index (κ1) is 33.4. The fraction of sp³-hybridized carbons (Fsp3) is 0.333. The number of nitrogens with zero attached hydrogens (tertiary/aromatic N) is 3. The van der Waals surface area contributed by atoms with Crippen LogP contribution in [0, 0.1) is 5.41 Å². The van der Waals surface area contributed by atoms with Gasteiger partial charge in [-0.05, 0) is 72.7 Å². The lowest BCUT2D eigenvalue weighted by atomic mass is 10.0. The van der Waals surface area contributed by atoms with Gasteiger partial charge in [0, 0.05) is 19.6 Å². The Morgan fingerprint density at radius 1 is 0.889 bits per heavy atom. The zero-order valence-corrected chi connectivity index (χ0v) is 26.0. The number of aliphatic hydroxyl groups excluding tert-OH is 1. The molecular formula is C33H41ClN8O3. The molecule has 0 radical (unpaired) electrons. The summed E-state index contributed by atoms with van der Waals surface area (Å²) < 4.78 is 5.98.